The van der Waals surface area contributed by atoms with Gasteiger partial charge in [0.25, 0.3) is 5.91 Å². The maximum absolute atomic E-state index is 12.3. The van der Waals surface area contributed by atoms with E-state index in [9.17, 15) is 4.79 Å². The van der Waals surface area contributed by atoms with Gasteiger partial charge in [-0.3, -0.25) is 4.79 Å². The monoisotopic (exact) mass is 551 g/mol. The molecule has 0 saturated carbocycles. The lowest BCUT2D eigenvalue weighted by atomic mass is 10.1. The normalized spacial score (nSPS) is 10.9. The Labute approximate surface area is 217 Å². The molecule has 0 unspecified atom stereocenters. The number of ether oxygens (including phenoxy) is 2. The molecule has 4 aromatic rings. The number of methoxy groups -OCH3 is 1. The molecule has 0 aliphatic rings. The second-order valence-corrected chi connectivity index (χ2v) is 8.85. The highest BCUT2D eigenvalue weighted by atomic mass is 79.9. The second kappa shape index (κ2) is 11.7. The summed E-state index contributed by atoms with van der Waals surface area (Å²) in [5.41, 5.74) is 5.02. The molecule has 35 heavy (non-hydrogen) atoms. The average molecular weight is 553 g/mol. The zero-order valence-corrected chi connectivity index (χ0v) is 21.3. The number of hydrazone groups is 1. The standard InChI is InChI=1S/C27H23BrClN3O3/c1-34-25-14-18(13-22(28)27(25)35-17-20-8-3-5-11-23(20)29)15-31-32-26(33)16-30-24-12-6-9-19-7-2-4-10-21(19)24/h2-15,30H,16-17H2,1H3,(H,32,33)/b31-15-. The fraction of sp³-hybridized carbons (Fsp3) is 0.111. The summed E-state index contributed by atoms with van der Waals surface area (Å²) in [6.07, 6.45) is 1.54. The molecule has 0 radical (unpaired) electrons. The van der Waals surface area contributed by atoms with E-state index in [0.717, 1.165) is 27.6 Å². The third-order valence-corrected chi connectivity index (χ3v) is 6.17. The SMILES string of the molecule is COc1cc(/C=N\NC(=O)CNc2cccc3ccccc23)cc(Br)c1OCc1ccccc1Cl. The third kappa shape index (κ3) is 6.32. The Morgan fingerprint density at radius 2 is 1.83 bits per heavy atom. The molecule has 0 fully saturated rings. The Morgan fingerprint density at radius 1 is 1.06 bits per heavy atom. The first-order chi connectivity index (χ1) is 17.0. The van der Waals surface area contributed by atoms with Crippen LogP contribution in [0, 0.1) is 0 Å². The van der Waals surface area contributed by atoms with E-state index in [0.29, 0.717) is 27.6 Å². The molecule has 0 atom stereocenters. The first kappa shape index (κ1) is 24.6. The Bertz CT molecular complexity index is 1370. The van der Waals surface area contributed by atoms with Crippen molar-refractivity contribution < 1.29 is 14.3 Å². The van der Waals surface area contributed by atoms with E-state index in [1.165, 1.54) is 0 Å². The van der Waals surface area contributed by atoms with E-state index in [1.807, 2.05) is 72.8 Å². The molecule has 6 nitrogen and oxygen atoms in total. The van der Waals surface area contributed by atoms with E-state index in [4.69, 9.17) is 21.1 Å². The van der Waals surface area contributed by atoms with Gasteiger partial charge in [0.05, 0.1) is 24.3 Å². The van der Waals surface area contributed by atoms with Crippen LogP contribution in [0.15, 0.2) is 88.4 Å². The minimum Gasteiger partial charge on any atom is -0.493 e. The highest BCUT2D eigenvalue weighted by Gasteiger charge is 2.12. The van der Waals surface area contributed by atoms with Crippen molar-refractivity contribution in [3.63, 3.8) is 0 Å². The van der Waals surface area contributed by atoms with Crippen molar-refractivity contribution in [2.24, 2.45) is 5.10 Å². The van der Waals surface area contributed by atoms with Crippen LogP contribution in [0.4, 0.5) is 5.69 Å². The Hall–Kier alpha value is -3.55. The van der Waals surface area contributed by atoms with Crippen molar-refractivity contribution in [3.05, 3.63) is 99.5 Å². The van der Waals surface area contributed by atoms with Gasteiger partial charge in [0.1, 0.15) is 6.61 Å². The second-order valence-electron chi connectivity index (χ2n) is 7.59. The number of nitrogens with one attached hydrogen (secondary N) is 2. The van der Waals surface area contributed by atoms with Crippen molar-refractivity contribution >= 4 is 56.1 Å². The zero-order valence-electron chi connectivity index (χ0n) is 18.9. The minimum atomic E-state index is -0.264. The third-order valence-electron chi connectivity index (χ3n) is 5.21. The van der Waals surface area contributed by atoms with Crippen LogP contribution in [0.5, 0.6) is 11.5 Å². The number of carbonyl (C=O) groups excluding carboxylic acids is 1. The summed E-state index contributed by atoms with van der Waals surface area (Å²) in [5.74, 6) is 0.810. The summed E-state index contributed by atoms with van der Waals surface area (Å²) in [6.45, 7) is 0.384. The molecule has 0 aliphatic carbocycles. The summed E-state index contributed by atoms with van der Waals surface area (Å²) in [4.78, 5) is 12.3. The number of carbonyl (C=O) groups is 1. The molecule has 0 heterocycles. The van der Waals surface area contributed by atoms with Gasteiger partial charge >= 0.3 is 0 Å². The molecule has 2 N–H and O–H groups in total. The number of anilines is 1. The molecule has 178 valence electrons. The molecule has 8 heteroatoms. The molecule has 0 aliphatic heterocycles. The number of nitrogens with zero attached hydrogens (tertiary/aromatic N) is 1. The van der Waals surface area contributed by atoms with Crippen LogP contribution in [-0.4, -0.2) is 25.8 Å². The largest absolute Gasteiger partial charge is 0.493 e. The number of benzene rings is 4. The van der Waals surface area contributed by atoms with Crippen LogP contribution < -0.4 is 20.2 Å². The van der Waals surface area contributed by atoms with Gasteiger partial charge in [0, 0.05) is 21.7 Å². The summed E-state index contributed by atoms with van der Waals surface area (Å²) in [5, 5.41) is 10.0. The van der Waals surface area contributed by atoms with Gasteiger partial charge in [-0.25, -0.2) is 5.43 Å². The predicted molar refractivity (Wildman–Crippen MR) is 145 cm³/mol. The lowest BCUT2D eigenvalue weighted by molar-refractivity contribution is -0.119. The number of hydrogen-bond acceptors (Lipinski definition) is 5. The maximum Gasteiger partial charge on any atom is 0.259 e. The first-order valence-electron chi connectivity index (χ1n) is 10.8. The van der Waals surface area contributed by atoms with Crippen molar-refractivity contribution in [3.8, 4) is 11.5 Å². The smallest absolute Gasteiger partial charge is 0.259 e. The van der Waals surface area contributed by atoms with Crippen LogP contribution in [0.2, 0.25) is 5.02 Å². The summed E-state index contributed by atoms with van der Waals surface area (Å²) >= 11 is 9.74. The maximum atomic E-state index is 12.3. The fourth-order valence-corrected chi connectivity index (χ4v) is 4.26. The Kier molecular flexibility index (Phi) is 8.23. The average Bonchev–Trinajstić information content (AvgIpc) is 2.87. The molecule has 1 amide bonds. The number of halogens is 2. The molecule has 0 aromatic heterocycles. The fourth-order valence-electron chi connectivity index (χ4n) is 3.49. The minimum absolute atomic E-state index is 0.0905. The molecule has 4 rings (SSSR count). The number of amides is 1. The summed E-state index contributed by atoms with van der Waals surface area (Å²) in [7, 11) is 1.56. The first-order valence-corrected chi connectivity index (χ1v) is 12.0. The van der Waals surface area contributed by atoms with E-state index < -0.39 is 0 Å². The Balaban J connectivity index is 1.36. The summed E-state index contributed by atoms with van der Waals surface area (Å²) < 4.78 is 12.1. The van der Waals surface area contributed by atoms with Gasteiger partial charge < -0.3 is 14.8 Å². The molecule has 4 aromatic carbocycles. The van der Waals surface area contributed by atoms with Crippen LogP contribution in [0.25, 0.3) is 10.8 Å². The highest BCUT2D eigenvalue weighted by Crippen LogP contribution is 2.37. The number of hydrogen-bond donors (Lipinski definition) is 2. The van der Waals surface area contributed by atoms with Crippen molar-refractivity contribution in [2.45, 2.75) is 6.61 Å². The van der Waals surface area contributed by atoms with E-state index in [1.54, 1.807) is 19.4 Å². The topological polar surface area (TPSA) is 72.0 Å². The number of rotatable bonds is 9. The van der Waals surface area contributed by atoms with E-state index >= 15 is 0 Å². The van der Waals surface area contributed by atoms with Crippen molar-refractivity contribution in [1.29, 1.82) is 0 Å². The van der Waals surface area contributed by atoms with Crippen molar-refractivity contribution in [1.82, 2.24) is 5.43 Å². The van der Waals surface area contributed by atoms with Gasteiger partial charge in [-0.1, -0.05) is 66.2 Å². The quantitative estimate of drug-likeness (QED) is 0.186. The van der Waals surface area contributed by atoms with Crippen LogP contribution in [0.1, 0.15) is 11.1 Å². The van der Waals surface area contributed by atoms with Crippen LogP contribution >= 0.6 is 27.5 Å². The lowest BCUT2D eigenvalue weighted by Crippen LogP contribution is -2.25. The van der Waals surface area contributed by atoms with Gasteiger partial charge in [0.2, 0.25) is 0 Å². The highest BCUT2D eigenvalue weighted by molar-refractivity contribution is 9.10. The van der Waals surface area contributed by atoms with Gasteiger partial charge in [0.15, 0.2) is 11.5 Å². The Morgan fingerprint density at radius 3 is 2.66 bits per heavy atom. The molecular formula is C27H23BrClN3O3. The van der Waals surface area contributed by atoms with Crippen LogP contribution in [0.3, 0.4) is 0 Å². The zero-order chi connectivity index (χ0) is 24.6. The molecular weight excluding hydrogens is 530 g/mol. The van der Waals surface area contributed by atoms with E-state index in [-0.39, 0.29) is 12.5 Å². The number of fused-ring (bicyclic) bond motifs is 1. The molecule has 0 saturated heterocycles. The van der Waals surface area contributed by atoms with Gasteiger partial charge in [-0.05, 0) is 51.1 Å². The van der Waals surface area contributed by atoms with Gasteiger partial charge in [-0.2, -0.15) is 5.10 Å². The summed E-state index contributed by atoms with van der Waals surface area (Å²) in [6, 6.07) is 25.0. The lowest BCUT2D eigenvalue weighted by Gasteiger charge is -2.14. The molecule has 0 spiro atoms. The predicted octanol–water partition coefficient (Wildman–Crippen LogP) is 6.41. The van der Waals surface area contributed by atoms with Gasteiger partial charge in [-0.15, -0.1) is 0 Å². The van der Waals surface area contributed by atoms with E-state index in [2.05, 4.69) is 31.8 Å². The van der Waals surface area contributed by atoms with Crippen LogP contribution in [-0.2, 0) is 11.4 Å². The molecule has 0 bridgehead atoms. The van der Waals surface area contributed by atoms with Crippen molar-refractivity contribution in [2.75, 3.05) is 19.0 Å².